The Kier molecular flexibility index (Phi) is 8.12. The third kappa shape index (κ3) is 5.43. The molecule has 0 saturated carbocycles. The maximum atomic E-state index is 13.9. The van der Waals surface area contributed by atoms with Gasteiger partial charge in [0.05, 0.1) is 22.4 Å². The number of benzene rings is 3. The first kappa shape index (κ1) is 27.7. The number of anilines is 1. The number of nitrogens with one attached hydrogen (secondary N) is 1. The van der Waals surface area contributed by atoms with E-state index in [-0.39, 0.29) is 35.4 Å². The predicted octanol–water partition coefficient (Wildman–Crippen LogP) is 6.55. The summed E-state index contributed by atoms with van der Waals surface area (Å²) in [5.74, 6) is 0.632. The lowest BCUT2D eigenvalue weighted by atomic mass is 9.98. The highest BCUT2D eigenvalue weighted by Crippen LogP contribution is 2.48. The van der Waals surface area contributed by atoms with Crippen LogP contribution in [-0.2, 0) is 9.59 Å². The summed E-state index contributed by atoms with van der Waals surface area (Å²) < 4.78 is 1.89. The monoisotopic (exact) mass is 552 g/mol. The van der Waals surface area contributed by atoms with E-state index in [0.717, 1.165) is 51.2 Å². The van der Waals surface area contributed by atoms with Crippen molar-refractivity contribution in [2.24, 2.45) is 0 Å². The molecular weight excluding hydrogens is 516 g/mol. The van der Waals surface area contributed by atoms with Gasteiger partial charge in [-0.05, 0) is 56.9 Å². The van der Waals surface area contributed by atoms with Crippen molar-refractivity contribution in [2.45, 2.75) is 52.3 Å². The molecule has 0 aliphatic carbocycles. The van der Waals surface area contributed by atoms with Crippen LogP contribution in [0.1, 0.15) is 53.3 Å². The molecule has 0 fully saturated rings. The Morgan fingerprint density at radius 3 is 2.52 bits per heavy atom. The van der Waals surface area contributed by atoms with Crippen LogP contribution in [0.25, 0.3) is 16.9 Å². The maximum Gasteiger partial charge on any atom is 0.240 e. The summed E-state index contributed by atoms with van der Waals surface area (Å²) in [6.07, 6.45) is 0.814. The molecule has 1 N–H and O–H groups in total. The number of nitrogens with zero attached hydrogens (tertiary/aromatic N) is 3. The molecule has 0 bridgehead atoms. The normalized spacial score (nSPS) is 15.9. The summed E-state index contributed by atoms with van der Waals surface area (Å²) in [6, 6.07) is 24.7. The molecule has 0 saturated heterocycles. The standard InChI is InChI=1S/C33H36N4O2S/c1-6-23(4)34-28(38)19-36-29(39)20-40-32(26-16-10-12-21(2)18-26)30-31(25-14-8-7-9-15-25)35-37(33(30)36)27-17-11-13-22(3)24(27)5/h7-18,23,32H,6,19-20H2,1-5H3,(H,34,38)/t23-,32-/m1/s1. The molecule has 40 heavy (non-hydrogen) atoms. The number of thioether (sulfide) groups is 1. The van der Waals surface area contributed by atoms with Gasteiger partial charge in [0.2, 0.25) is 11.8 Å². The van der Waals surface area contributed by atoms with Crippen LogP contribution in [0.5, 0.6) is 0 Å². The maximum absolute atomic E-state index is 13.9. The summed E-state index contributed by atoms with van der Waals surface area (Å²) in [5, 5.41) is 8.13. The Bertz CT molecular complexity index is 1550. The van der Waals surface area contributed by atoms with E-state index in [2.05, 4.69) is 68.6 Å². The highest BCUT2D eigenvalue weighted by atomic mass is 32.2. The molecule has 2 amide bonds. The molecule has 4 aromatic rings. The van der Waals surface area contributed by atoms with Crippen LogP contribution in [0.3, 0.4) is 0 Å². The number of aryl methyl sites for hydroxylation is 2. The molecule has 6 nitrogen and oxygen atoms in total. The fraction of sp³-hybridized carbons (Fsp3) is 0.303. The van der Waals surface area contributed by atoms with Crippen LogP contribution >= 0.6 is 11.8 Å². The second-order valence-electron chi connectivity index (χ2n) is 10.5. The topological polar surface area (TPSA) is 67.2 Å². The van der Waals surface area contributed by atoms with Gasteiger partial charge >= 0.3 is 0 Å². The lowest BCUT2D eigenvalue weighted by Crippen LogP contribution is -2.44. The van der Waals surface area contributed by atoms with Gasteiger partial charge < -0.3 is 5.32 Å². The zero-order chi connectivity index (χ0) is 28.4. The molecule has 0 spiro atoms. The van der Waals surface area contributed by atoms with Crippen molar-refractivity contribution < 1.29 is 9.59 Å². The van der Waals surface area contributed by atoms with Gasteiger partial charge in [0.1, 0.15) is 12.4 Å². The Labute approximate surface area is 240 Å². The van der Waals surface area contributed by atoms with Gasteiger partial charge in [-0.2, -0.15) is 5.10 Å². The van der Waals surface area contributed by atoms with E-state index in [9.17, 15) is 9.59 Å². The first-order valence-corrected chi connectivity index (χ1v) is 14.9. The van der Waals surface area contributed by atoms with Crippen molar-refractivity contribution >= 4 is 29.4 Å². The van der Waals surface area contributed by atoms with Crippen LogP contribution in [-0.4, -0.2) is 39.9 Å². The van der Waals surface area contributed by atoms with Crippen molar-refractivity contribution in [1.29, 1.82) is 0 Å². The van der Waals surface area contributed by atoms with Gasteiger partial charge in [-0.15, -0.1) is 11.8 Å². The van der Waals surface area contributed by atoms with Gasteiger partial charge in [0.25, 0.3) is 0 Å². The van der Waals surface area contributed by atoms with E-state index in [1.165, 1.54) is 0 Å². The molecule has 1 aromatic heterocycles. The summed E-state index contributed by atoms with van der Waals surface area (Å²) in [5.41, 5.74) is 8.11. The average Bonchev–Trinajstić information content (AvgIpc) is 3.27. The molecule has 206 valence electrons. The van der Waals surface area contributed by atoms with E-state index in [0.29, 0.717) is 5.82 Å². The van der Waals surface area contributed by atoms with E-state index in [1.807, 2.05) is 48.9 Å². The Hall–Kier alpha value is -3.84. The second kappa shape index (κ2) is 11.7. The van der Waals surface area contributed by atoms with E-state index in [4.69, 9.17) is 5.10 Å². The van der Waals surface area contributed by atoms with Crippen molar-refractivity contribution in [3.8, 4) is 16.9 Å². The smallest absolute Gasteiger partial charge is 0.240 e. The minimum atomic E-state index is -0.178. The minimum Gasteiger partial charge on any atom is -0.352 e. The van der Waals surface area contributed by atoms with E-state index in [1.54, 1.807) is 16.7 Å². The number of fused-ring (bicyclic) bond motifs is 1. The molecular formula is C33H36N4O2S. The van der Waals surface area contributed by atoms with Gasteiger partial charge in [-0.25, -0.2) is 4.68 Å². The molecule has 3 aromatic carbocycles. The van der Waals surface area contributed by atoms with E-state index < -0.39 is 0 Å². The van der Waals surface area contributed by atoms with Crippen molar-refractivity contribution in [3.05, 3.63) is 101 Å². The zero-order valence-corrected chi connectivity index (χ0v) is 24.6. The third-order valence-electron chi connectivity index (χ3n) is 7.61. The van der Waals surface area contributed by atoms with Crippen LogP contribution < -0.4 is 10.2 Å². The Balaban J connectivity index is 1.81. The first-order chi connectivity index (χ1) is 19.3. The quantitative estimate of drug-likeness (QED) is 0.282. The molecule has 0 unspecified atom stereocenters. The number of hydrogen-bond donors (Lipinski definition) is 1. The van der Waals surface area contributed by atoms with Crippen LogP contribution in [0, 0.1) is 20.8 Å². The van der Waals surface area contributed by atoms with Crippen LogP contribution in [0.15, 0.2) is 72.8 Å². The van der Waals surface area contributed by atoms with Gasteiger partial charge in [0.15, 0.2) is 0 Å². The summed E-state index contributed by atoms with van der Waals surface area (Å²) in [4.78, 5) is 28.8. The summed E-state index contributed by atoms with van der Waals surface area (Å²) in [6.45, 7) is 10.2. The number of aromatic nitrogens is 2. The highest BCUT2D eigenvalue weighted by Gasteiger charge is 2.38. The fourth-order valence-corrected chi connectivity index (χ4v) is 6.31. The lowest BCUT2D eigenvalue weighted by molar-refractivity contribution is -0.123. The number of carbonyl (C=O) groups is 2. The predicted molar refractivity (Wildman–Crippen MR) is 164 cm³/mol. The Morgan fingerprint density at radius 2 is 1.80 bits per heavy atom. The largest absolute Gasteiger partial charge is 0.352 e. The highest BCUT2D eigenvalue weighted by molar-refractivity contribution is 8.00. The van der Waals surface area contributed by atoms with Crippen LogP contribution in [0.4, 0.5) is 5.82 Å². The third-order valence-corrected chi connectivity index (χ3v) is 8.86. The fourth-order valence-electron chi connectivity index (χ4n) is 5.12. The van der Waals surface area contributed by atoms with Gasteiger partial charge in [-0.3, -0.25) is 14.5 Å². The summed E-state index contributed by atoms with van der Waals surface area (Å²) in [7, 11) is 0. The number of rotatable bonds is 7. The van der Waals surface area contributed by atoms with Crippen molar-refractivity contribution in [3.63, 3.8) is 0 Å². The molecule has 5 rings (SSSR count). The number of amides is 2. The van der Waals surface area contributed by atoms with Crippen molar-refractivity contribution in [1.82, 2.24) is 15.1 Å². The van der Waals surface area contributed by atoms with Gasteiger partial charge in [-0.1, -0.05) is 79.2 Å². The number of carbonyl (C=O) groups excluding carboxylic acids is 2. The second-order valence-corrected chi connectivity index (χ2v) is 11.6. The first-order valence-electron chi connectivity index (χ1n) is 13.8. The average molecular weight is 553 g/mol. The molecule has 1 aliphatic heterocycles. The molecule has 7 heteroatoms. The molecule has 0 radical (unpaired) electrons. The number of hydrogen-bond acceptors (Lipinski definition) is 4. The summed E-state index contributed by atoms with van der Waals surface area (Å²) >= 11 is 1.59. The van der Waals surface area contributed by atoms with Crippen molar-refractivity contribution in [2.75, 3.05) is 17.2 Å². The van der Waals surface area contributed by atoms with E-state index >= 15 is 0 Å². The minimum absolute atomic E-state index is 0.0206. The van der Waals surface area contributed by atoms with Crippen LogP contribution in [0.2, 0.25) is 0 Å². The Morgan fingerprint density at radius 1 is 1.05 bits per heavy atom. The SMILES string of the molecule is CC[C@@H](C)NC(=O)CN1C(=O)CS[C@H](c2cccc(C)c2)c2c(-c3ccccc3)nn(-c3cccc(C)c3C)c21. The molecule has 2 atom stereocenters. The molecule has 1 aliphatic rings. The zero-order valence-electron chi connectivity index (χ0n) is 23.8. The van der Waals surface area contributed by atoms with Gasteiger partial charge in [0, 0.05) is 17.2 Å². The molecule has 2 heterocycles. The lowest BCUT2D eigenvalue weighted by Gasteiger charge is -2.24.